The van der Waals surface area contributed by atoms with Crippen LogP contribution in [0.1, 0.15) is 6.92 Å². The number of methoxy groups -OCH3 is 1. The van der Waals surface area contributed by atoms with Crippen LogP contribution >= 0.6 is 0 Å². The highest BCUT2D eigenvalue weighted by Gasteiger charge is 2.26. The first-order valence-corrected chi connectivity index (χ1v) is 6.10. The van der Waals surface area contributed by atoms with Crippen molar-refractivity contribution in [2.45, 2.75) is 6.92 Å². The van der Waals surface area contributed by atoms with Gasteiger partial charge in [-0.1, -0.05) is 12.1 Å². The zero-order valence-electron chi connectivity index (χ0n) is 11.5. The van der Waals surface area contributed by atoms with Gasteiger partial charge in [-0.05, 0) is 19.1 Å². The standard InChI is InChI=1S/C13H13N3O5/c1-3-20-12-11(16(17)18)13(15-8-14-12)21-10-7-5-4-6-9(10)19-2/h4-8H,3H2,1-2H3. The second kappa shape index (κ2) is 6.51. The van der Waals surface area contributed by atoms with Crippen LogP contribution in [0.4, 0.5) is 5.69 Å². The van der Waals surface area contributed by atoms with Crippen molar-refractivity contribution in [1.29, 1.82) is 0 Å². The Morgan fingerprint density at radius 2 is 1.86 bits per heavy atom. The maximum Gasteiger partial charge on any atom is 0.392 e. The van der Waals surface area contributed by atoms with Crippen LogP contribution in [0.15, 0.2) is 30.6 Å². The molecule has 0 unspecified atom stereocenters. The first kappa shape index (κ1) is 14.5. The molecule has 2 rings (SSSR count). The highest BCUT2D eigenvalue weighted by Crippen LogP contribution is 2.38. The van der Waals surface area contributed by atoms with E-state index in [9.17, 15) is 10.1 Å². The molecule has 1 heterocycles. The third-order valence-corrected chi connectivity index (χ3v) is 2.49. The van der Waals surface area contributed by atoms with E-state index >= 15 is 0 Å². The van der Waals surface area contributed by atoms with Crippen molar-refractivity contribution < 1.29 is 19.1 Å². The molecule has 0 radical (unpaired) electrons. The van der Waals surface area contributed by atoms with Crippen LogP contribution in [0.25, 0.3) is 0 Å². The second-order valence-corrected chi connectivity index (χ2v) is 3.78. The molecule has 1 aromatic heterocycles. The number of benzene rings is 1. The molecule has 0 saturated carbocycles. The summed E-state index contributed by atoms with van der Waals surface area (Å²) in [5, 5.41) is 11.2. The van der Waals surface area contributed by atoms with Crippen LogP contribution in [0.5, 0.6) is 23.3 Å². The van der Waals surface area contributed by atoms with Crippen LogP contribution in [0, 0.1) is 10.1 Å². The second-order valence-electron chi connectivity index (χ2n) is 3.78. The maximum absolute atomic E-state index is 11.2. The van der Waals surface area contributed by atoms with Gasteiger partial charge in [-0.25, -0.2) is 0 Å². The number of hydrogen-bond acceptors (Lipinski definition) is 7. The fourth-order valence-electron chi connectivity index (χ4n) is 1.63. The zero-order valence-corrected chi connectivity index (χ0v) is 11.5. The van der Waals surface area contributed by atoms with Crippen molar-refractivity contribution in [1.82, 2.24) is 9.97 Å². The lowest BCUT2D eigenvalue weighted by atomic mass is 10.3. The molecule has 0 aliphatic heterocycles. The van der Waals surface area contributed by atoms with Gasteiger partial charge in [0, 0.05) is 0 Å². The van der Waals surface area contributed by atoms with E-state index in [0.29, 0.717) is 11.5 Å². The predicted octanol–water partition coefficient (Wildman–Crippen LogP) is 2.58. The summed E-state index contributed by atoms with van der Waals surface area (Å²) in [4.78, 5) is 18.1. The Balaban J connectivity index is 2.44. The van der Waals surface area contributed by atoms with Gasteiger partial charge >= 0.3 is 17.4 Å². The lowest BCUT2D eigenvalue weighted by Crippen LogP contribution is -2.03. The number of rotatable bonds is 6. The van der Waals surface area contributed by atoms with E-state index in [1.54, 1.807) is 31.2 Å². The molecule has 8 nitrogen and oxygen atoms in total. The Morgan fingerprint density at radius 1 is 1.19 bits per heavy atom. The van der Waals surface area contributed by atoms with Gasteiger partial charge in [0.15, 0.2) is 11.5 Å². The molecule has 21 heavy (non-hydrogen) atoms. The van der Waals surface area contributed by atoms with Crippen LogP contribution < -0.4 is 14.2 Å². The molecule has 0 aliphatic carbocycles. The molecule has 0 bridgehead atoms. The van der Waals surface area contributed by atoms with E-state index in [-0.39, 0.29) is 18.4 Å². The molecule has 0 N–H and O–H groups in total. The van der Waals surface area contributed by atoms with Gasteiger partial charge in [0.2, 0.25) is 0 Å². The minimum absolute atomic E-state index is 0.137. The van der Waals surface area contributed by atoms with Crippen molar-refractivity contribution in [3.63, 3.8) is 0 Å². The zero-order chi connectivity index (χ0) is 15.2. The summed E-state index contributed by atoms with van der Waals surface area (Å²) in [5.41, 5.74) is -0.426. The predicted molar refractivity (Wildman–Crippen MR) is 72.9 cm³/mol. The number of nitrogens with zero attached hydrogens (tertiary/aromatic N) is 3. The molecule has 0 aliphatic rings. The summed E-state index contributed by atoms with van der Waals surface area (Å²) >= 11 is 0. The Labute approximate surface area is 120 Å². The topological polar surface area (TPSA) is 96.6 Å². The largest absolute Gasteiger partial charge is 0.493 e. The molecule has 110 valence electrons. The van der Waals surface area contributed by atoms with Gasteiger partial charge in [0.25, 0.3) is 0 Å². The van der Waals surface area contributed by atoms with Crippen molar-refractivity contribution in [2.24, 2.45) is 0 Å². The van der Waals surface area contributed by atoms with Crippen molar-refractivity contribution >= 4 is 5.69 Å². The van der Waals surface area contributed by atoms with Crippen molar-refractivity contribution in [3.05, 3.63) is 40.7 Å². The average molecular weight is 291 g/mol. The highest BCUT2D eigenvalue weighted by molar-refractivity contribution is 5.52. The molecule has 8 heteroatoms. The lowest BCUT2D eigenvalue weighted by Gasteiger charge is -2.10. The van der Waals surface area contributed by atoms with Crippen LogP contribution in [-0.2, 0) is 0 Å². The van der Waals surface area contributed by atoms with E-state index in [1.165, 1.54) is 7.11 Å². The third-order valence-electron chi connectivity index (χ3n) is 2.49. The fourth-order valence-corrected chi connectivity index (χ4v) is 1.63. The van der Waals surface area contributed by atoms with Crippen LogP contribution in [0.3, 0.4) is 0 Å². The Bertz CT molecular complexity index is 647. The number of hydrogen-bond donors (Lipinski definition) is 0. The van der Waals surface area contributed by atoms with E-state index in [4.69, 9.17) is 14.2 Å². The summed E-state index contributed by atoms with van der Waals surface area (Å²) in [5.74, 6) is 0.401. The monoisotopic (exact) mass is 291 g/mol. The van der Waals surface area contributed by atoms with Crippen molar-refractivity contribution in [2.75, 3.05) is 13.7 Å². The molecule has 0 amide bonds. The van der Waals surface area contributed by atoms with E-state index in [0.717, 1.165) is 6.33 Å². The molecule has 0 fully saturated rings. The van der Waals surface area contributed by atoms with E-state index in [1.807, 2.05) is 0 Å². The van der Waals surface area contributed by atoms with E-state index < -0.39 is 10.6 Å². The Kier molecular flexibility index (Phi) is 4.50. The molecular weight excluding hydrogens is 278 g/mol. The summed E-state index contributed by atoms with van der Waals surface area (Å²) in [6.07, 6.45) is 1.14. The molecule has 2 aromatic rings. The summed E-state index contributed by atoms with van der Waals surface area (Å²) in [6, 6.07) is 6.76. The lowest BCUT2D eigenvalue weighted by molar-refractivity contribution is -0.387. The van der Waals surface area contributed by atoms with E-state index in [2.05, 4.69) is 9.97 Å². The van der Waals surface area contributed by atoms with Gasteiger partial charge < -0.3 is 14.2 Å². The normalized spacial score (nSPS) is 10.0. The third kappa shape index (κ3) is 3.16. The molecule has 0 saturated heterocycles. The summed E-state index contributed by atoms with van der Waals surface area (Å²) < 4.78 is 15.7. The number of para-hydroxylation sites is 2. The van der Waals surface area contributed by atoms with Gasteiger partial charge in [-0.3, -0.25) is 10.1 Å². The van der Waals surface area contributed by atoms with Crippen LogP contribution in [-0.4, -0.2) is 28.6 Å². The minimum Gasteiger partial charge on any atom is -0.493 e. The highest BCUT2D eigenvalue weighted by atomic mass is 16.6. The Morgan fingerprint density at radius 3 is 2.48 bits per heavy atom. The summed E-state index contributed by atoms with van der Waals surface area (Å²) in [7, 11) is 1.47. The first-order chi connectivity index (χ1) is 10.2. The molecule has 1 aromatic carbocycles. The smallest absolute Gasteiger partial charge is 0.392 e. The van der Waals surface area contributed by atoms with Gasteiger partial charge in [-0.2, -0.15) is 9.97 Å². The van der Waals surface area contributed by atoms with Crippen molar-refractivity contribution in [3.8, 4) is 23.3 Å². The van der Waals surface area contributed by atoms with Gasteiger partial charge in [-0.15, -0.1) is 0 Å². The fraction of sp³-hybridized carbons (Fsp3) is 0.231. The molecule has 0 atom stereocenters. The number of aromatic nitrogens is 2. The molecular formula is C13H13N3O5. The minimum atomic E-state index is -0.643. The van der Waals surface area contributed by atoms with Gasteiger partial charge in [0.1, 0.15) is 6.33 Å². The number of ether oxygens (including phenoxy) is 3. The maximum atomic E-state index is 11.2. The Hall–Kier alpha value is -2.90. The first-order valence-electron chi connectivity index (χ1n) is 6.10. The SMILES string of the molecule is CCOc1ncnc(Oc2ccccc2OC)c1[N+](=O)[O-]. The molecule has 0 spiro atoms. The van der Waals surface area contributed by atoms with Gasteiger partial charge in [0.05, 0.1) is 18.6 Å². The quantitative estimate of drug-likeness (QED) is 0.596. The average Bonchev–Trinajstić information content (AvgIpc) is 2.48. The van der Waals surface area contributed by atoms with Crippen LogP contribution in [0.2, 0.25) is 0 Å². The number of nitro groups is 1. The summed E-state index contributed by atoms with van der Waals surface area (Å²) in [6.45, 7) is 1.94.